The van der Waals surface area contributed by atoms with Gasteiger partial charge in [-0.05, 0) is 12.1 Å². The third-order valence-corrected chi connectivity index (χ3v) is 0.483. The predicted molar refractivity (Wildman–Crippen MR) is 33.1 cm³/mol. The maximum Gasteiger partial charge on any atom is 0.0496 e. The van der Waals surface area contributed by atoms with E-state index >= 15 is 0 Å². The van der Waals surface area contributed by atoms with E-state index in [-0.39, 0.29) is 9.90 Å². The van der Waals surface area contributed by atoms with Crippen molar-refractivity contribution in [3.8, 4) is 0 Å². The Morgan fingerprint density at radius 3 is 1.43 bits per heavy atom. The van der Waals surface area contributed by atoms with Crippen molar-refractivity contribution in [1.29, 1.82) is 0 Å². The first kappa shape index (κ1) is 6.51. The Balaban J connectivity index is 0.000000360. The fourth-order valence-corrected chi connectivity index (χ4v) is 0.253. The second-order valence-corrected chi connectivity index (χ2v) is 0.914. The summed E-state index contributed by atoms with van der Waals surface area (Å²) in [6.45, 7) is 0. The summed E-state index contributed by atoms with van der Waals surface area (Å²) in [6.07, 6.45) is 3.28. The molecule has 0 aliphatic heterocycles. The first-order valence-corrected chi connectivity index (χ1v) is 1.72. The molecule has 0 saturated carbocycles. The Bertz CT molecular complexity index is 81.6. The molecule has 0 radical (unpaired) electrons. The van der Waals surface area contributed by atoms with Gasteiger partial charge in [-0.25, -0.2) is 0 Å². The number of hydrogen-bond acceptors (Lipinski definition) is 2. The average molecular weight is 114 g/mol. The molecule has 7 heavy (non-hydrogen) atoms. The zero-order chi connectivity index (χ0) is 4.24. The van der Waals surface area contributed by atoms with E-state index in [4.69, 9.17) is 0 Å². The quantitative estimate of drug-likeness (QED) is 0.460. The molecule has 2 nitrogen and oxygen atoms in total. The van der Waals surface area contributed by atoms with Crippen LogP contribution < -0.4 is 0 Å². The molecule has 1 aromatic heterocycles. The van der Waals surface area contributed by atoms with Gasteiger partial charge >= 0.3 is 0 Å². The van der Waals surface area contributed by atoms with Gasteiger partial charge in [0.15, 0.2) is 0 Å². The van der Waals surface area contributed by atoms with Gasteiger partial charge in [0, 0.05) is 12.4 Å². The Hall–Kier alpha value is -0.490. The van der Waals surface area contributed by atoms with Crippen LogP contribution in [0.4, 0.5) is 0 Å². The van der Waals surface area contributed by atoms with Crippen LogP contribution in [-0.2, 0) is 0 Å². The lowest BCUT2D eigenvalue weighted by atomic mass is 10.6. The summed E-state index contributed by atoms with van der Waals surface area (Å²) in [5.74, 6) is 0. The van der Waals surface area contributed by atoms with Crippen molar-refractivity contribution < 1.29 is 0 Å². The number of aromatic nitrogens is 2. The molecule has 0 N–H and O–H groups in total. The molecule has 0 amide bonds. The molecule has 3 heteroatoms. The van der Waals surface area contributed by atoms with Gasteiger partial charge in [-0.15, -0.1) is 0 Å². The summed E-state index contributed by atoms with van der Waals surface area (Å²) >= 11 is 0. The highest BCUT2D eigenvalue weighted by Crippen LogP contribution is 1.68. The van der Waals surface area contributed by atoms with E-state index in [1.54, 1.807) is 12.4 Å². The molecule has 0 bridgehead atoms. The largest absolute Gasteiger partial charge is 0.159 e. The predicted octanol–water partition coefficient (Wildman–Crippen LogP) is 0.535. The Labute approximate surface area is 45.6 Å². The maximum absolute atomic E-state index is 3.53. The van der Waals surface area contributed by atoms with Crippen LogP contribution in [0.5, 0.6) is 0 Å². The summed E-state index contributed by atoms with van der Waals surface area (Å²) in [5.41, 5.74) is 0. The lowest BCUT2D eigenvalue weighted by Crippen LogP contribution is -1.69. The lowest BCUT2D eigenvalue weighted by Gasteiger charge is -1.69. The van der Waals surface area contributed by atoms with Crippen molar-refractivity contribution >= 4 is 9.90 Å². The third kappa shape index (κ3) is 2.24. The minimum atomic E-state index is 0. The number of nitrogens with zero attached hydrogens (tertiary/aromatic N) is 2. The molecule has 1 rings (SSSR count). The number of hydrogen-bond donors (Lipinski definition) is 0. The minimum absolute atomic E-state index is 0. The van der Waals surface area contributed by atoms with Gasteiger partial charge in [0.2, 0.25) is 0 Å². The molecule has 1 aromatic rings. The van der Waals surface area contributed by atoms with Gasteiger partial charge in [-0.1, -0.05) is 0 Å². The van der Waals surface area contributed by atoms with E-state index in [1.807, 2.05) is 12.1 Å². The maximum atomic E-state index is 3.53. The minimum Gasteiger partial charge on any atom is -0.159 e. The molecule has 0 aliphatic carbocycles. The first-order valence-electron chi connectivity index (χ1n) is 1.72. The topological polar surface area (TPSA) is 25.8 Å². The zero-order valence-electron chi connectivity index (χ0n) is 3.91. The van der Waals surface area contributed by atoms with Crippen LogP contribution in [0.2, 0.25) is 0 Å². The zero-order valence-corrected chi connectivity index (χ0v) is 5.33. The lowest BCUT2D eigenvalue weighted by molar-refractivity contribution is 1.03. The van der Waals surface area contributed by atoms with E-state index in [9.17, 15) is 0 Å². The van der Waals surface area contributed by atoms with Crippen LogP contribution in [0, 0.1) is 0 Å². The Morgan fingerprint density at radius 1 is 0.857 bits per heavy atom. The van der Waals surface area contributed by atoms with E-state index in [0.717, 1.165) is 0 Å². The molecule has 0 aromatic carbocycles. The van der Waals surface area contributed by atoms with Crippen molar-refractivity contribution in [1.82, 2.24) is 10.2 Å². The van der Waals surface area contributed by atoms with Gasteiger partial charge in [-0.2, -0.15) is 20.1 Å². The summed E-state index contributed by atoms with van der Waals surface area (Å²) in [5, 5.41) is 7.07. The first-order chi connectivity index (χ1) is 3.00. The highest BCUT2D eigenvalue weighted by atomic mass is 31.0. The van der Waals surface area contributed by atoms with E-state index < -0.39 is 0 Å². The normalized spacial score (nSPS) is 6.86. The number of rotatable bonds is 0. The fraction of sp³-hybridized carbons (Fsp3) is 0. The summed E-state index contributed by atoms with van der Waals surface area (Å²) in [7, 11) is 0. The summed E-state index contributed by atoms with van der Waals surface area (Å²) < 4.78 is 0. The SMILES string of the molecule is P.c1ccnnc1. The summed E-state index contributed by atoms with van der Waals surface area (Å²) in [6, 6.07) is 3.65. The second-order valence-electron chi connectivity index (χ2n) is 0.914. The monoisotopic (exact) mass is 114 g/mol. The molecule has 0 saturated heterocycles. The highest BCUT2D eigenvalue weighted by Gasteiger charge is 1.59. The van der Waals surface area contributed by atoms with E-state index in [0.29, 0.717) is 0 Å². The van der Waals surface area contributed by atoms with Crippen molar-refractivity contribution in [3.63, 3.8) is 0 Å². The van der Waals surface area contributed by atoms with E-state index in [1.165, 1.54) is 0 Å². The van der Waals surface area contributed by atoms with Crippen LogP contribution in [0.25, 0.3) is 0 Å². The molecule has 1 atom stereocenters. The van der Waals surface area contributed by atoms with Crippen LogP contribution in [0.15, 0.2) is 24.5 Å². The highest BCUT2D eigenvalue weighted by molar-refractivity contribution is 6.92. The van der Waals surface area contributed by atoms with Crippen molar-refractivity contribution in [3.05, 3.63) is 24.5 Å². The Morgan fingerprint density at radius 2 is 1.29 bits per heavy atom. The third-order valence-electron chi connectivity index (χ3n) is 0.483. The van der Waals surface area contributed by atoms with Crippen molar-refractivity contribution in [2.45, 2.75) is 0 Å². The molecule has 0 fully saturated rings. The fourth-order valence-electron chi connectivity index (χ4n) is 0.253. The molecule has 0 aliphatic rings. The molecule has 1 unspecified atom stereocenters. The van der Waals surface area contributed by atoms with Crippen molar-refractivity contribution in [2.24, 2.45) is 0 Å². The molecular weight excluding hydrogens is 107 g/mol. The van der Waals surface area contributed by atoms with Gasteiger partial charge in [0.1, 0.15) is 0 Å². The molecule has 38 valence electrons. The van der Waals surface area contributed by atoms with Crippen LogP contribution in [-0.4, -0.2) is 10.2 Å². The van der Waals surface area contributed by atoms with Crippen molar-refractivity contribution in [2.75, 3.05) is 0 Å². The van der Waals surface area contributed by atoms with Crippen LogP contribution in [0.3, 0.4) is 0 Å². The van der Waals surface area contributed by atoms with Gasteiger partial charge < -0.3 is 0 Å². The molecule has 0 spiro atoms. The van der Waals surface area contributed by atoms with E-state index in [2.05, 4.69) is 10.2 Å². The second kappa shape index (κ2) is 3.69. The smallest absolute Gasteiger partial charge is 0.0496 e. The molecular formula is C4H7N2P. The summed E-state index contributed by atoms with van der Waals surface area (Å²) in [4.78, 5) is 0. The van der Waals surface area contributed by atoms with Gasteiger partial charge in [-0.3, -0.25) is 0 Å². The van der Waals surface area contributed by atoms with Crippen LogP contribution >= 0.6 is 9.90 Å². The van der Waals surface area contributed by atoms with Crippen LogP contribution in [0.1, 0.15) is 0 Å². The Kier molecular flexibility index (Phi) is 3.43. The average Bonchev–Trinajstić information content (AvgIpc) is 1.72. The van der Waals surface area contributed by atoms with Gasteiger partial charge in [0.05, 0.1) is 0 Å². The molecule has 1 heterocycles. The van der Waals surface area contributed by atoms with Gasteiger partial charge in [0.25, 0.3) is 0 Å². The standard InChI is InChI=1S/C4H4N2.H3P/c1-2-4-6-5-3-1;/h1-4H;1H3.